The maximum absolute atomic E-state index is 2.59. The molecule has 3 rings (SSSR count). The second kappa shape index (κ2) is 21.8. The zero-order valence-corrected chi connectivity index (χ0v) is 30.6. The Bertz CT molecular complexity index is 993. The summed E-state index contributed by atoms with van der Waals surface area (Å²) in [6, 6.07) is 28.7. The van der Waals surface area contributed by atoms with Crippen molar-refractivity contribution in [2.24, 2.45) is 0 Å². The fourth-order valence-electron chi connectivity index (χ4n) is 6.41. The van der Waals surface area contributed by atoms with Crippen LogP contribution in [-0.2, 0) is 0 Å². The van der Waals surface area contributed by atoms with Crippen LogP contribution in [0.4, 0.5) is 17.1 Å². The van der Waals surface area contributed by atoms with Crippen molar-refractivity contribution in [1.82, 2.24) is 0 Å². The third-order valence-corrected chi connectivity index (χ3v) is 9.46. The van der Waals surface area contributed by atoms with Gasteiger partial charge >= 0.3 is 0 Å². The van der Waals surface area contributed by atoms with E-state index in [4.69, 9.17) is 0 Å². The molecule has 0 N–H and O–H groups in total. The number of nitrogens with zero attached hydrogens (tertiary/aromatic N) is 3. The molecular formula is C43H67N3. The van der Waals surface area contributed by atoms with Crippen LogP contribution < -0.4 is 14.7 Å². The zero-order chi connectivity index (χ0) is 33.0. The molecule has 0 unspecified atom stereocenters. The first-order valence-electron chi connectivity index (χ1n) is 19.1. The fraction of sp³-hybridized carbons (Fsp3) is 0.581. The highest BCUT2D eigenvalue weighted by atomic mass is 15.1. The third kappa shape index (κ3) is 11.7. The van der Waals surface area contributed by atoms with E-state index in [0.717, 1.165) is 39.3 Å². The van der Waals surface area contributed by atoms with Crippen molar-refractivity contribution < 1.29 is 0 Å². The smallest absolute Gasteiger partial charge is 0.0366 e. The average molecular weight is 626 g/mol. The van der Waals surface area contributed by atoms with Crippen LogP contribution in [0.3, 0.4) is 0 Å². The van der Waals surface area contributed by atoms with Gasteiger partial charge in [0.15, 0.2) is 0 Å². The maximum atomic E-state index is 2.59. The lowest BCUT2D eigenvalue weighted by atomic mass is 9.85. The summed E-state index contributed by atoms with van der Waals surface area (Å²) in [6.07, 6.45) is 14.9. The Morgan fingerprint density at radius 3 is 0.696 bits per heavy atom. The van der Waals surface area contributed by atoms with Crippen LogP contribution in [0, 0.1) is 0 Å². The number of rotatable bonds is 24. The summed E-state index contributed by atoms with van der Waals surface area (Å²) in [4.78, 5) is 7.78. The Hall–Kier alpha value is -2.94. The van der Waals surface area contributed by atoms with E-state index >= 15 is 0 Å². The van der Waals surface area contributed by atoms with Crippen molar-refractivity contribution in [2.45, 2.75) is 125 Å². The Morgan fingerprint density at radius 2 is 0.522 bits per heavy atom. The van der Waals surface area contributed by atoms with Crippen molar-refractivity contribution in [2.75, 3.05) is 54.0 Å². The molecule has 3 aromatic carbocycles. The average Bonchev–Trinajstić information content (AvgIpc) is 3.10. The lowest BCUT2D eigenvalue weighted by Gasteiger charge is -2.28. The number of unbranched alkanes of at least 4 members (excludes halogenated alkanes) is 6. The minimum Gasteiger partial charge on any atom is -0.372 e. The minimum atomic E-state index is 0.205. The van der Waals surface area contributed by atoms with Crippen LogP contribution >= 0.6 is 0 Å². The van der Waals surface area contributed by atoms with Gasteiger partial charge in [-0.05, 0) is 91.6 Å². The van der Waals surface area contributed by atoms with Gasteiger partial charge in [-0.15, -0.1) is 0 Å². The molecule has 0 spiro atoms. The standard InChI is InChI=1S/C43H67N3/c1-7-13-31-44(32-14-8-2)40-25-19-37(20-26-40)43(38-21-27-41(28-22-38)45(33-15-9-3)34-16-10-4)39-23-29-42(30-24-39)46(35-17-11-5)36-18-12-6/h19-30,43H,7-18,31-36H2,1-6H3. The summed E-state index contributed by atoms with van der Waals surface area (Å²) in [5.41, 5.74) is 8.20. The molecule has 0 saturated heterocycles. The second-order valence-corrected chi connectivity index (χ2v) is 13.3. The van der Waals surface area contributed by atoms with Crippen LogP contribution in [0.15, 0.2) is 72.8 Å². The maximum Gasteiger partial charge on any atom is 0.0366 e. The Morgan fingerprint density at radius 1 is 0.326 bits per heavy atom. The van der Waals surface area contributed by atoms with E-state index in [1.807, 2.05) is 0 Å². The molecule has 0 atom stereocenters. The quantitative estimate of drug-likeness (QED) is 0.0917. The van der Waals surface area contributed by atoms with E-state index in [2.05, 4.69) is 129 Å². The lowest BCUT2D eigenvalue weighted by Crippen LogP contribution is -2.25. The molecule has 0 radical (unpaired) electrons. The van der Waals surface area contributed by atoms with Gasteiger partial charge in [0.1, 0.15) is 0 Å². The molecule has 0 heterocycles. The first-order chi connectivity index (χ1) is 22.6. The Balaban J connectivity index is 1.98. The van der Waals surface area contributed by atoms with E-state index in [1.165, 1.54) is 111 Å². The van der Waals surface area contributed by atoms with Crippen LogP contribution in [0.2, 0.25) is 0 Å². The topological polar surface area (TPSA) is 9.72 Å². The number of anilines is 3. The summed E-state index contributed by atoms with van der Waals surface area (Å²) in [6.45, 7) is 20.6. The molecule has 3 aromatic rings. The molecule has 0 aliphatic rings. The summed E-state index contributed by atoms with van der Waals surface area (Å²) in [5, 5.41) is 0. The molecule has 254 valence electrons. The van der Waals surface area contributed by atoms with Crippen LogP contribution in [0.1, 0.15) is 141 Å². The number of hydrogen-bond donors (Lipinski definition) is 0. The summed E-state index contributed by atoms with van der Waals surface area (Å²) in [7, 11) is 0. The number of hydrogen-bond acceptors (Lipinski definition) is 3. The molecule has 3 nitrogen and oxygen atoms in total. The molecule has 0 fully saturated rings. The number of benzene rings is 3. The SMILES string of the molecule is CCCCN(CCCC)c1ccc(C(c2ccc(N(CCCC)CCCC)cc2)c2ccc(N(CCCC)CCCC)cc2)cc1. The third-order valence-electron chi connectivity index (χ3n) is 9.46. The highest BCUT2D eigenvalue weighted by Gasteiger charge is 2.19. The van der Waals surface area contributed by atoms with E-state index in [-0.39, 0.29) is 5.92 Å². The van der Waals surface area contributed by atoms with Gasteiger partial charge in [0, 0.05) is 62.2 Å². The van der Waals surface area contributed by atoms with Crippen molar-refractivity contribution in [3.8, 4) is 0 Å². The fourth-order valence-corrected chi connectivity index (χ4v) is 6.41. The summed E-state index contributed by atoms with van der Waals surface area (Å²) >= 11 is 0. The predicted octanol–water partition coefficient (Wildman–Crippen LogP) is 12.1. The van der Waals surface area contributed by atoms with Crippen molar-refractivity contribution in [1.29, 1.82) is 0 Å². The van der Waals surface area contributed by atoms with Gasteiger partial charge in [0.2, 0.25) is 0 Å². The molecular weight excluding hydrogens is 558 g/mol. The van der Waals surface area contributed by atoms with Crippen molar-refractivity contribution in [3.05, 3.63) is 89.5 Å². The van der Waals surface area contributed by atoms with E-state index < -0.39 is 0 Å². The summed E-state index contributed by atoms with van der Waals surface area (Å²) < 4.78 is 0. The first kappa shape index (κ1) is 37.5. The Kier molecular flexibility index (Phi) is 17.8. The van der Waals surface area contributed by atoms with Gasteiger partial charge in [-0.25, -0.2) is 0 Å². The molecule has 0 aliphatic heterocycles. The highest BCUT2D eigenvalue weighted by Crippen LogP contribution is 2.35. The second-order valence-electron chi connectivity index (χ2n) is 13.3. The van der Waals surface area contributed by atoms with Gasteiger partial charge in [-0.2, -0.15) is 0 Å². The highest BCUT2D eigenvalue weighted by molar-refractivity contribution is 5.56. The van der Waals surface area contributed by atoms with Crippen LogP contribution in [0.5, 0.6) is 0 Å². The first-order valence-corrected chi connectivity index (χ1v) is 19.1. The van der Waals surface area contributed by atoms with Crippen molar-refractivity contribution >= 4 is 17.1 Å². The van der Waals surface area contributed by atoms with Crippen LogP contribution in [-0.4, -0.2) is 39.3 Å². The zero-order valence-electron chi connectivity index (χ0n) is 30.6. The van der Waals surface area contributed by atoms with Crippen LogP contribution in [0.25, 0.3) is 0 Å². The molecule has 0 aromatic heterocycles. The summed E-state index contributed by atoms with van der Waals surface area (Å²) in [5.74, 6) is 0.205. The molecule has 0 saturated carbocycles. The van der Waals surface area contributed by atoms with Gasteiger partial charge in [0.05, 0.1) is 0 Å². The van der Waals surface area contributed by atoms with Crippen molar-refractivity contribution in [3.63, 3.8) is 0 Å². The monoisotopic (exact) mass is 626 g/mol. The molecule has 46 heavy (non-hydrogen) atoms. The lowest BCUT2D eigenvalue weighted by molar-refractivity contribution is 0.677. The van der Waals surface area contributed by atoms with E-state index in [1.54, 1.807) is 0 Å². The molecule has 3 heteroatoms. The molecule has 0 aliphatic carbocycles. The van der Waals surface area contributed by atoms with Gasteiger partial charge < -0.3 is 14.7 Å². The molecule has 0 bridgehead atoms. The normalized spacial score (nSPS) is 11.3. The van der Waals surface area contributed by atoms with E-state index in [0.29, 0.717) is 0 Å². The van der Waals surface area contributed by atoms with Gasteiger partial charge in [0.25, 0.3) is 0 Å². The van der Waals surface area contributed by atoms with Gasteiger partial charge in [-0.1, -0.05) is 116 Å². The van der Waals surface area contributed by atoms with Gasteiger partial charge in [-0.3, -0.25) is 0 Å². The Labute approximate surface area is 284 Å². The van der Waals surface area contributed by atoms with E-state index in [9.17, 15) is 0 Å². The predicted molar refractivity (Wildman–Crippen MR) is 206 cm³/mol. The molecule has 0 amide bonds. The largest absolute Gasteiger partial charge is 0.372 e. The minimum absolute atomic E-state index is 0.205.